The van der Waals surface area contributed by atoms with Gasteiger partial charge in [-0.05, 0) is 61.2 Å². The summed E-state index contributed by atoms with van der Waals surface area (Å²) in [4.78, 5) is 0. The highest BCUT2D eigenvalue weighted by atomic mass is 16.6. The predicted octanol–water partition coefficient (Wildman–Crippen LogP) is 2.42. The molecule has 0 N–H and O–H groups in total. The van der Waals surface area contributed by atoms with Gasteiger partial charge in [-0.2, -0.15) is 0 Å². The van der Waals surface area contributed by atoms with E-state index in [4.69, 9.17) is 18.9 Å². The van der Waals surface area contributed by atoms with Crippen LogP contribution >= 0.6 is 0 Å². The van der Waals surface area contributed by atoms with Crippen LogP contribution in [0.3, 0.4) is 0 Å². The minimum atomic E-state index is 0.600. The van der Waals surface area contributed by atoms with Gasteiger partial charge in [0.2, 0.25) is 0 Å². The molecule has 6 rings (SSSR count). The van der Waals surface area contributed by atoms with Crippen LogP contribution in [0.1, 0.15) is 25.7 Å². The quantitative estimate of drug-likeness (QED) is 0.389. The van der Waals surface area contributed by atoms with E-state index in [1.54, 1.807) is 0 Å². The maximum absolute atomic E-state index is 5.86. The highest BCUT2D eigenvalue weighted by molar-refractivity contribution is 5.11. The van der Waals surface area contributed by atoms with E-state index in [2.05, 4.69) is 12.2 Å². The molecule has 0 spiro atoms. The molecule has 0 aromatic heterocycles. The Balaban J connectivity index is 0.851. The number of rotatable bonds is 8. The van der Waals surface area contributed by atoms with Crippen molar-refractivity contribution in [2.24, 2.45) is 35.5 Å². The summed E-state index contributed by atoms with van der Waals surface area (Å²) in [6.07, 6.45) is 12.1. The van der Waals surface area contributed by atoms with Crippen LogP contribution < -0.4 is 0 Å². The van der Waals surface area contributed by atoms with Gasteiger partial charge in [0, 0.05) is 0 Å². The second-order valence-electron chi connectivity index (χ2n) is 8.99. The van der Waals surface area contributed by atoms with E-state index < -0.39 is 0 Å². The zero-order chi connectivity index (χ0) is 15.7. The van der Waals surface area contributed by atoms with Crippen molar-refractivity contribution >= 4 is 0 Å². The van der Waals surface area contributed by atoms with Gasteiger partial charge < -0.3 is 18.9 Å². The van der Waals surface area contributed by atoms with Crippen LogP contribution in [0.25, 0.3) is 0 Å². The topological polar surface area (TPSA) is 43.5 Å². The zero-order valence-corrected chi connectivity index (χ0v) is 14.2. The third-order valence-electron chi connectivity index (χ3n) is 7.73. The molecule has 2 aliphatic heterocycles. The van der Waals surface area contributed by atoms with E-state index in [1.807, 2.05) is 0 Å². The van der Waals surface area contributed by atoms with Crippen LogP contribution in [-0.4, -0.2) is 50.8 Å². The summed E-state index contributed by atoms with van der Waals surface area (Å²) < 4.78 is 23.2. The molecule has 4 aliphatic carbocycles. The van der Waals surface area contributed by atoms with E-state index in [-0.39, 0.29) is 0 Å². The molecule has 4 heteroatoms. The molecule has 0 amide bonds. The number of hydrogen-bond donors (Lipinski definition) is 0. The number of hydrogen-bond acceptors (Lipinski definition) is 4. The smallest absolute Gasteiger partial charge is 0.0876 e. The third kappa shape index (κ3) is 2.33. The van der Waals surface area contributed by atoms with E-state index in [1.165, 1.54) is 25.7 Å². The van der Waals surface area contributed by atoms with Crippen molar-refractivity contribution in [3.8, 4) is 0 Å². The maximum atomic E-state index is 5.86. The Morgan fingerprint density at radius 2 is 1.17 bits per heavy atom. The molecule has 6 aliphatic rings. The lowest BCUT2D eigenvalue weighted by molar-refractivity contribution is 0.0924. The van der Waals surface area contributed by atoms with Gasteiger partial charge in [0.1, 0.15) is 0 Å². The molecular formula is C20H28O4. The SMILES string of the molecule is C(=C\COCC1CC2CC1C1OC21)/COCC1CC2CC1C1OC21. The number of fused-ring (bicyclic) bond motifs is 10. The van der Waals surface area contributed by atoms with Crippen molar-refractivity contribution < 1.29 is 18.9 Å². The van der Waals surface area contributed by atoms with Crippen LogP contribution in [0.2, 0.25) is 0 Å². The van der Waals surface area contributed by atoms with E-state index in [9.17, 15) is 0 Å². The van der Waals surface area contributed by atoms with Gasteiger partial charge in [-0.3, -0.25) is 0 Å². The largest absolute Gasteiger partial charge is 0.377 e. The van der Waals surface area contributed by atoms with Crippen LogP contribution in [0, 0.1) is 35.5 Å². The van der Waals surface area contributed by atoms with Gasteiger partial charge in [-0.15, -0.1) is 0 Å². The molecule has 10 atom stereocenters. The Hall–Kier alpha value is -0.420. The first kappa shape index (κ1) is 14.7. The normalized spacial score (nSPS) is 55.3. The van der Waals surface area contributed by atoms with Gasteiger partial charge in [0.05, 0.1) is 50.8 Å². The minimum absolute atomic E-state index is 0.600. The van der Waals surface area contributed by atoms with Crippen molar-refractivity contribution in [2.45, 2.75) is 50.1 Å². The number of epoxide rings is 2. The molecule has 0 aromatic carbocycles. The summed E-state index contributed by atoms with van der Waals surface area (Å²) in [5.74, 6) is 4.77. The van der Waals surface area contributed by atoms with Crippen LogP contribution in [0.15, 0.2) is 12.2 Å². The van der Waals surface area contributed by atoms with Crippen molar-refractivity contribution in [1.29, 1.82) is 0 Å². The highest BCUT2D eigenvalue weighted by Gasteiger charge is 2.63. The molecule has 24 heavy (non-hydrogen) atoms. The Bertz CT molecular complexity index is 488. The molecule has 4 bridgehead atoms. The fourth-order valence-corrected chi connectivity index (χ4v) is 6.56. The summed E-state index contributed by atoms with van der Waals surface area (Å²) in [5, 5.41) is 0. The molecule has 2 heterocycles. The Labute approximate surface area is 143 Å². The first-order valence-electron chi connectivity index (χ1n) is 10.00. The summed E-state index contributed by atoms with van der Waals surface area (Å²) in [5.41, 5.74) is 0. The molecule has 10 unspecified atom stereocenters. The van der Waals surface area contributed by atoms with Crippen LogP contribution in [-0.2, 0) is 18.9 Å². The Morgan fingerprint density at radius 3 is 1.58 bits per heavy atom. The highest BCUT2D eigenvalue weighted by Crippen LogP contribution is 2.59. The molecule has 132 valence electrons. The Kier molecular flexibility index (Phi) is 3.40. The van der Waals surface area contributed by atoms with Crippen molar-refractivity contribution in [1.82, 2.24) is 0 Å². The summed E-state index contributed by atoms with van der Waals surface area (Å²) >= 11 is 0. The average molecular weight is 332 g/mol. The van der Waals surface area contributed by atoms with Crippen LogP contribution in [0.5, 0.6) is 0 Å². The monoisotopic (exact) mass is 332 g/mol. The van der Waals surface area contributed by atoms with E-state index >= 15 is 0 Å². The lowest BCUT2D eigenvalue weighted by atomic mass is 9.89. The fraction of sp³-hybridized carbons (Fsp3) is 0.900. The Morgan fingerprint density at radius 1 is 0.667 bits per heavy atom. The predicted molar refractivity (Wildman–Crippen MR) is 87.5 cm³/mol. The molecule has 0 aromatic rings. The minimum Gasteiger partial charge on any atom is -0.377 e. The summed E-state index contributed by atoms with van der Waals surface area (Å²) in [7, 11) is 0. The van der Waals surface area contributed by atoms with Gasteiger partial charge in [-0.1, -0.05) is 12.2 Å². The molecule has 0 radical (unpaired) electrons. The first-order chi connectivity index (χ1) is 11.9. The maximum Gasteiger partial charge on any atom is 0.0876 e. The lowest BCUT2D eigenvalue weighted by Crippen LogP contribution is -2.22. The van der Waals surface area contributed by atoms with Crippen LogP contribution in [0.4, 0.5) is 0 Å². The molecule has 4 nitrogen and oxygen atoms in total. The molecule has 4 saturated carbocycles. The molecule has 6 fully saturated rings. The first-order valence-corrected chi connectivity index (χ1v) is 10.00. The van der Waals surface area contributed by atoms with E-state index in [0.29, 0.717) is 24.4 Å². The fourth-order valence-electron chi connectivity index (χ4n) is 6.56. The summed E-state index contributed by atoms with van der Waals surface area (Å²) in [6, 6.07) is 0. The van der Waals surface area contributed by atoms with E-state index in [0.717, 1.165) is 61.9 Å². The second kappa shape index (κ2) is 5.54. The molecule has 2 saturated heterocycles. The van der Waals surface area contributed by atoms with Crippen molar-refractivity contribution in [2.75, 3.05) is 26.4 Å². The number of ether oxygens (including phenoxy) is 4. The van der Waals surface area contributed by atoms with Gasteiger partial charge >= 0.3 is 0 Å². The van der Waals surface area contributed by atoms with Gasteiger partial charge in [0.25, 0.3) is 0 Å². The van der Waals surface area contributed by atoms with Crippen molar-refractivity contribution in [3.05, 3.63) is 12.2 Å². The van der Waals surface area contributed by atoms with Gasteiger partial charge in [-0.25, -0.2) is 0 Å². The summed E-state index contributed by atoms with van der Waals surface area (Å²) in [6.45, 7) is 3.26. The zero-order valence-electron chi connectivity index (χ0n) is 14.2. The molecular weight excluding hydrogens is 304 g/mol. The second-order valence-corrected chi connectivity index (χ2v) is 8.99. The lowest BCUT2D eigenvalue weighted by Gasteiger charge is -2.19. The van der Waals surface area contributed by atoms with Gasteiger partial charge in [0.15, 0.2) is 0 Å². The average Bonchev–Trinajstić information content (AvgIpc) is 3.43. The third-order valence-corrected chi connectivity index (χ3v) is 7.73. The standard InChI is InChI=1S/C20H28O4/c1(3-21-9-13-5-11-7-15(13)19-17(11)23-19)2-4-22-10-14-6-12-8-16(14)20-18(12)24-20/h1-2,11-20H,3-10H2/b2-1+. The van der Waals surface area contributed by atoms with Crippen molar-refractivity contribution in [3.63, 3.8) is 0 Å².